The van der Waals surface area contributed by atoms with Crippen molar-refractivity contribution in [2.24, 2.45) is 0 Å². The zero-order valence-electron chi connectivity index (χ0n) is 15.4. The van der Waals surface area contributed by atoms with Crippen LogP contribution in [0.2, 0.25) is 0 Å². The molecule has 0 amide bonds. The van der Waals surface area contributed by atoms with Gasteiger partial charge in [0.2, 0.25) is 0 Å². The molecule has 25 heavy (non-hydrogen) atoms. The first kappa shape index (κ1) is 16.6. The molecule has 2 aromatic rings. The molecule has 2 unspecified atom stereocenters. The third-order valence-corrected chi connectivity index (χ3v) is 5.79. The number of fused-ring (bicyclic) bond motifs is 2. The second-order valence-electron chi connectivity index (χ2n) is 7.01. The molecule has 132 valence electrons. The van der Waals surface area contributed by atoms with E-state index in [1.54, 1.807) is 11.8 Å². The summed E-state index contributed by atoms with van der Waals surface area (Å²) < 4.78 is 0. The summed E-state index contributed by atoms with van der Waals surface area (Å²) >= 11 is 1.61. The van der Waals surface area contributed by atoms with E-state index in [1.807, 2.05) is 20.1 Å². The number of aryl methyl sites for hydroxylation is 3. The molecular weight excluding hydrogens is 332 g/mol. The lowest BCUT2D eigenvalue weighted by Gasteiger charge is -2.57. The minimum absolute atomic E-state index is 0.497. The fourth-order valence-electron chi connectivity index (χ4n) is 3.93. The Bertz CT molecular complexity index is 791. The first-order chi connectivity index (χ1) is 12.0. The van der Waals surface area contributed by atoms with E-state index in [2.05, 4.69) is 44.7 Å². The van der Waals surface area contributed by atoms with Crippen LogP contribution >= 0.6 is 11.8 Å². The summed E-state index contributed by atoms with van der Waals surface area (Å²) in [4.78, 5) is 23.3. The molecule has 3 fully saturated rings. The molecule has 0 radical (unpaired) electrons. The maximum Gasteiger partial charge on any atom is 0.189 e. The molecule has 2 aromatic heterocycles. The maximum absolute atomic E-state index is 4.82. The van der Waals surface area contributed by atoms with E-state index in [0.717, 1.165) is 47.1 Å². The second kappa shape index (κ2) is 6.12. The molecule has 0 N–H and O–H groups in total. The highest BCUT2D eigenvalue weighted by molar-refractivity contribution is 7.98. The SMILES string of the molecule is CSc1nc(C)c(C)c(N2C3CC2CN(c2cc(C)nc(C)n2)C3)n1. The predicted octanol–water partition coefficient (Wildman–Crippen LogP) is 2.69. The van der Waals surface area contributed by atoms with Gasteiger partial charge in [0.1, 0.15) is 17.5 Å². The van der Waals surface area contributed by atoms with Crippen LogP contribution in [0.5, 0.6) is 0 Å². The molecule has 3 saturated heterocycles. The van der Waals surface area contributed by atoms with Crippen LogP contribution in [0.4, 0.5) is 11.6 Å². The Morgan fingerprint density at radius 1 is 1.00 bits per heavy atom. The molecule has 2 bridgehead atoms. The number of hydrogen-bond acceptors (Lipinski definition) is 7. The molecular formula is C18H24N6S. The highest BCUT2D eigenvalue weighted by atomic mass is 32.2. The van der Waals surface area contributed by atoms with E-state index in [4.69, 9.17) is 4.98 Å². The zero-order valence-corrected chi connectivity index (χ0v) is 16.3. The lowest BCUT2D eigenvalue weighted by atomic mass is 9.87. The van der Waals surface area contributed by atoms with E-state index in [1.165, 1.54) is 12.0 Å². The van der Waals surface area contributed by atoms with Crippen LogP contribution in [0, 0.1) is 27.7 Å². The fraction of sp³-hybridized carbons (Fsp3) is 0.556. The number of thioether (sulfide) groups is 1. The normalized spacial score (nSPS) is 22.1. The summed E-state index contributed by atoms with van der Waals surface area (Å²) in [5, 5.41) is 0.863. The predicted molar refractivity (Wildman–Crippen MR) is 102 cm³/mol. The van der Waals surface area contributed by atoms with Gasteiger partial charge in [0.05, 0.1) is 12.1 Å². The standard InChI is InChI=1S/C18H24N6S/c1-10-6-16(21-13(4)19-10)23-8-14-7-15(9-23)24(14)17-11(2)12(3)20-18(22-17)25-5/h6,14-15H,7-9H2,1-5H3. The summed E-state index contributed by atoms with van der Waals surface area (Å²) in [6.07, 6.45) is 3.27. The van der Waals surface area contributed by atoms with Crippen molar-refractivity contribution < 1.29 is 0 Å². The first-order valence-corrected chi connectivity index (χ1v) is 9.93. The van der Waals surface area contributed by atoms with Crippen molar-refractivity contribution in [1.82, 2.24) is 19.9 Å². The van der Waals surface area contributed by atoms with Gasteiger partial charge in [-0.1, -0.05) is 11.8 Å². The van der Waals surface area contributed by atoms with Gasteiger partial charge < -0.3 is 9.80 Å². The third-order valence-electron chi connectivity index (χ3n) is 5.24. The minimum atomic E-state index is 0.497. The van der Waals surface area contributed by atoms with E-state index in [9.17, 15) is 0 Å². The van der Waals surface area contributed by atoms with Gasteiger partial charge in [-0.2, -0.15) is 0 Å². The molecule has 3 aliphatic rings. The average molecular weight is 356 g/mol. The number of piperidine rings is 1. The molecule has 7 heteroatoms. The monoisotopic (exact) mass is 356 g/mol. The smallest absolute Gasteiger partial charge is 0.189 e. The molecule has 0 aromatic carbocycles. The van der Waals surface area contributed by atoms with Crippen LogP contribution < -0.4 is 9.80 Å². The van der Waals surface area contributed by atoms with E-state index in [-0.39, 0.29) is 0 Å². The topological polar surface area (TPSA) is 58.0 Å². The van der Waals surface area contributed by atoms with Crippen molar-refractivity contribution in [2.75, 3.05) is 29.1 Å². The van der Waals surface area contributed by atoms with Gasteiger partial charge in [0.25, 0.3) is 0 Å². The van der Waals surface area contributed by atoms with E-state index in [0.29, 0.717) is 12.1 Å². The average Bonchev–Trinajstić information content (AvgIpc) is 2.57. The van der Waals surface area contributed by atoms with Crippen LogP contribution in [0.1, 0.15) is 29.2 Å². The number of piperazine rings is 1. The molecule has 3 aliphatic heterocycles. The van der Waals surface area contributed by atoms with Crippen molar-refractivity contribution >= 4 is 23.4 Å². The Labute approximate surface area is 153 Å². The largest absolute Gasteiger partial charge is 0.352 e. The molecule has 6 nitrogen and oxygen atoms in total. The third kappa shape index (κ3) is 2.84. The highest BCUT2D eigenvalue weighted by Crippen LogP contribution is 2.39. The lowest BCUT2D eigenvalue weighted by molar-refractivity contribution is 0.286. The maximum atomic E-state index is 4.82. The van der Waals surface area contributed by atoms with Gasteiger partial charge >= 0.3 is 0 Å². The van der Waals surface area contributed by atoms with Crippen LogP contribution in [0.15, 0.2) is 11.2 Å². The van der Waals surface area contributed by atoms with E-state index < -0.39 is 0 Å². The summed E-state index contributed by atoms with van der Waals surface area (Å²) in [7, 11) is 0. The van der Waals surface area contributed by atoms with Crippen molar-refractivity contribution in [3.8, 4) is 0 Å². The Morgan fingerprint density at radius 2 is 1.72 bits per heavy atom. The molecule has 5 heterocycles. The van der Waals surface area contributed by atoms with Crippen molar-refractivity contribution in [2.45, 2.75) is 51.4 Å². The summed E-state index contributed by atoms with van der Waals surface area (Å²) in [6.45, 7) is 10.2. The highest BCUT2D eigenvalue weighted by Gasteiger charge is 2.46. The molecule has 0 saturated carbocycles. The molecule has 5 rings (SSSR count). The van der Waals surface area contributed by atoms with Crippen molar-refractivity contribution in [3.05, 3.63) is 28.8 Å². The van der Waals surface area contributed by atoms with Gasteiger partial charge in [-0.05, 0) is 40.4 Å². The Hall–Kier alpha value is -1.89. The number of aromatic nitrogens is 4. The van der Waals surface area contributed by atoms with Crippen LogP contribution in [0.3, 0.4) is 0 Å². The van der Waals surface area contributed by atoms with Crippen LogP contribution in [0.25, 0.3) is 0 Å². The number of anilines is 2. The van der Waals surface area contributed by atoms with Crippen molar-refractivity contribution in [1.29, 1.82) is 0 Å². The summed E-state index contributed by atoms with van der Waals surface area (Å²) in [6, 6.07) is 3.09. The molecule has 0 aliphatic carbocycles. The lowest BCUT2D eigenvalue weighted by Crippen LogP contribution is -2.69. The fourth-order valence-corrected chi connectivity index (χ4v) is 4.34. The molecule has 0 spiro atoms. The Balaban J connectivity index is 1.59. The first-order valence-electron chi connectivity index (χ1n) is 8.71. The quantitative estimate of drug-likeness (QED) is 0.619. The number of rotatable bonds is 3. The minimum Gasteiger partial charge on any atom is -0.352 e. The zero-order chi connectivity index (χ0) is 17.7. The number of nitrogens with zero attached hydrogens (tertiary/aromatic N) is 6. The van der Waals surface area contributed by atoms with E-state index >= 15 is 0 Å². The van der Waals surface area contributed by atoms with Crippen LogP contribution in [-0.2, 0) is 0 Å². The second-order valence-corrected chi connectivity index (χ2v) is 7.79. The van der Waals surface area contributed by atoms with Gasteiger partial charge in [0, 0.05) is 36.1 Å². The molecule has 2 atom stereocenters. The summed E-state index contributed by atoms with van der Waals surface area (Å²) in [5.74, 6) is 3.02. The number of hydrogen-bond donors (Lipinski definition) is 0. The van der Waals surface area contributed by atoms with Gasteiger partial charge in [-0.3, -0.25) is 0 Å². The van der Waals surface area contributed by atoms with Crippen LogP contribution in [-0.4, -0.2) is 51.4 Å². The summed E-state index contributed by atoms with van der Waals surface area (Å²) in [5.41, 5.74) is 3.32. The van der Waals surface area contributed by atoms with Gasteiger partial charge in [-0.25, -0.2) is 19.9 Å². The van der Waals surface area contributed by atoms with Gasteiger partial charge in [0.15, 0.2) is 5.16 Å². The Kier molecular flexibility index (Phi) is 4.06. The Morgan fingerprint density at radius 3 is 2.36 bits per heavy atom. The van der Waals surface area contributed by atoms with Gasteiger partial charge in [-0.15, -0.1) is 0 Å². The van der Waals surface area contributed by atoms with Crippen molar-refractivity contribution in [3.63, 3.8) is 0 Å².